The van der Waals surface area contributed by atoms with Gasteiger partial charge < -0.3 is 29.7 Å². The highest BCUT2D eigenvalue weighted by atomic mass is 127. The number of alkyl carbamates (subject to hydrolysis) is 1. The summed E-state index contributed by atoms with van der Waals surface area (Å²) in [4.78, 5) is 18.9. The lowest BCUT2D eigenvalue weighted by atomic mass is 10.0. The van der Waals surface area contributed by atoms with Crippen LogP contribution in [-0.4, -0.2) is 81.2 Å². The Labute approximate surface area is 198 Å². The summed E-state index contributed by atoms with van der Waals surface area (Å²) in [6.45, 7) is 14.1. The third kappa shape index (κ3) is 11.0. The van der Waals surface area contributed by atoms with E-state index in [-0.39, 0.29) is 36.1 Å². The average Bonchev–Trinajstić information content (AvgIpc) is 3.11. The van der Waals surface area contributed by atoms with Crippen molar-refractivity contribution in [2.45, 2.75) is 65.0 Å². The number of nitrogens with one attached hydrogen (secondary N) is 2. The summed E-state index contributed by atoms with van der Waals surface area (Å²) in [5, 5.41) is 6.32. The molecule has 2 aliphatic rings. The number of likely N-dealkylation sites (tertiary alicyclic amines) is 1. The number of hydrogen-bond acceptors (Lipinski definition) is 5. The van der Waals surface area contributed by atoms with Crippen molar-refractivity contribution >= 4 is 36.0 Å². The Morgan fingerprint density at radius 3 is 2.63 bits per heavy atom. The second-order valence-electron chi connectivity index (χ2n) is 8.80. The zero-order valence-corrected chi connectivity index (χ0v) is 21.4. The van der Waals surface area contributed by atoms with Gasteiger partial charge in [0.05, 0.1) is 6.04 Å². The van der Waals surface area contributed by atoms with E-state index in [1.807, 2.05) is 20.8 Å². The summed E-state index contributed by atoms with van der Waals surface area (Å²) in [6, 6.07) is 0.0801. The monoisotopic (exact) mass is 540 g/mol. The van der Waals surface area contributed by atoms with Gasteiger partial charge in [-0.2, -0.15) is 0 Å². The van der Waals surface area contributed by atoms with Gasteiger partial charge in [-0.25, -0.2) is 4.79 Å². The molecule has 1 unspecified atom stereocenters. The van der Waals surface area contributed by atoms with Crippen LogP contribution in [0, 0.1) is 5.92 Å². The van der Waals surface area contributed by atoms with E-state index in [9.17, 15) is 4.79 Å². The number of ether oxygens (including phenoxy) is 3. The molecule has 0 radical (unpaired) electrons. The van der Waals surface area contributed by atoms with Crippen LogP contribution in [0.15, 0.2) is 4.99 Å². The predicted octanol–water partition coefficient (Wildman–Crippen LogP) is 3.00. The molecule has 0 spiro atoms. The van der Waals surface area contributed by atoms with Gasteiger partial charge in [0.25, 0.3) is 0 Å². The van der Waals surface area contributed by atoms with Crippen molar-refractivity contribution in [1.29, 1.82) is 0 Å². The number of nitrogens with zero attached hydrogens (tertiary/aromatic N) is 2. The van der Waals surface area contributed by atoms with Crippen LogP contribution in [0.3, 0.4) is 0 Å². The third-order valence-corrected chi connectivity index (χ3v) is 4.95. The molecule has 9 heteroatoms. The fraction of sp³-hybridized carbons (Fsp3) is 0.905. The minimum Gasteiger partial charge on any atom is -0.444 e. The lowest BCUT2D eigenvalue weighted by Crippen LogP contribution is -2.44. The zero-order valence-electron chi connectivity index (χ0n) is 19.1. The fourth-order valence-electron chi connectivity index (χ4n) is 3.49. The van der Waals surface area contributed by atoms with E-state index in [4.69, 9.17) is 19.2 Å². The third-order valence-electron chi connectivity index (χ3n) is 4.95. The van der Waals surface area contributed by atoms with Crippen LogP contribution in [0.5, 0.6) is 0 Å². The van der Waals surface area contributed by atoms with E-state index in [1.165, 1.54) is 0 Å². The Morgan fingerprint density at radius 2 is 1.97 bits per heavy atom. The molecule has 30 heavy (non-hydrogen) atoms. The van der Waals surface area contributed by atoms with E-state index < -0.39 is 5.60 Å². The van der Waals surface area contributed by atoms with Crippen LogP contribution in [0.2, 0.25) is 0 Å². The molecule has 2 rings (SSSR count). The first kappa shape index (κ1) is 27.2. The number of hydrogen-bond donors (Lipinski definition) is 2. The number of halogens is 1. The van der Waals surface area contributed by atoms with Crippen LogP contribution in [0.25, 0.3) is 0 Å². The molecule has 0 bridgehead atoms. The number of guanidine groups is 1. The van der Waals surface area contributed by atoms with Gasteiger partial charge in [0.2, 0.25) is 0 Å². The minimum absolute atomic E-state index is 0. The van der Waals surface area contributed by atoms with Crippen molar-refractivity contribution in [2.75, 3.05) is 52.6 Å². The van der Waals surface area contributed by atoms with Gasteiger partial charge in [-0.3, -0.25) is 4.99 Å². The second kappa shape index (κ2) is 14.3. The number of carbonyl (C=O) groups is 1. The van der Waals surface area contributed by atoms with Crippen molar-refractivity contribution in [3.05, 3.63) is 0 Å². The van der Waals surface area contributed by atoms with E-state index in [0.29, 0.717) is 5.92 Å². The van der Waals surface area contributed by atoms with E-state index >= 15 is 0 Å². The minimum atomic E-state index is -0.481. The highest BCUT2D eigenvalue weighted by Crippen LogP contribution is 2.15. The molecule has 1 amide bonds. The normalized spacial score (nSPS) is 20.6. The number of carbonyl (C=O) groups excluding carboxylic acids is 1. The van der Waals surface area contributed by atoms with Gasteiger partial charge in [0.1, 0.15) is 5.60 Å². The van der Waals surface area contributed by atoms with E-state index in [2.05, 4.69) is 22.5 Å². The smallest absolute Gasteiger partial charge is 0.407 e. The Bertz CT molecular complexity index is 522. The van der Waals surface area contributed by atoms with Gasteiger partial charge in [-0.15, -0.1) is 24.0 Å². The first-order valence-electron chi connectivity index (χ1n) is 11.1. The highest BCUT2D eigenvalue weighted by molar-refractivity contribution is 14.0. The fourth-order valence-corrected chi connectivity index (χ4v) is 3.49. The summed E-state index contributed by atoms with van der Waals surface area (Å²) in [7, 11) is 0. The Morgan fingerprint density at radius 1 is 1.23 bits per heavy atom. The second-order valence-corrected chi connectivity index (χ2v) is 8.80. The Balaban J connectivity index is 0.00000450. The maximum Gasteiger partial charge on any atom is 0.407 e. The van der Waals surface area contributed by atoms with Gasteiger partial charge in [-0.05, 0) is 59.3 Å². The Hall–Kier alpha value is -0.810. The standard InChI is InChI=1S/C21H40N4O4.HI/c1-5-22-19(23-10-6-12-28-16-17-8-13-27-14-9-17)25-11-7-18(15-25)24-20(26)29-21(2,3)4;/h17-18H,5-16H2,1-4H3,(H,22,23)(H,24,26);1H. The molecule has 2 N–H and O–H groups in total. The van der Waals surface area contributed by atoms with Crippen LogP contribution >= 0.6 is 24.0 Å². The Kier molecular flexibility index (Phi) is 13.0. The van der Waals surface area contributed by atoms with Crippen molar-refractivity contribution in [1.82, 2.24) is 15.5 Å². The summed E-state index contributed by atoms with van der Waals surface area (Å²) >= 11 is 0. The van der Waals surface area contributed by atoms with Crippen LogP contribution in [0.4, 0.5) is 4.79 Å². The van der Waals surface area contributed by atoms with Crippen molar-refractivity contribution in [3.8, 4) is 0 Å². The molecule has 2 aliphatic heterocycles. The first-order valence-corrected chi connectivity index (χ1v) is 11.1. The molecule has 0 aliphatic carbocycles. The highest BCUT2D eigenvalue weighted by Gasteiger charge is 2.27. The number of amides is 1. The molecule has 8 nitrogen and oxygen atoms in total. The molecule has 176 valence electrons. The van der Waals surface area contributed by atoms with Gasteiger partial charge in [0, 0.05) is 52.6 Å². The van der Waals surface area contributed by atoms with Gasteiger partial charge in [-0.1, -0.05) is 0 Å². The zero-order chi connectivity index (χ0) is 21.1. The quantitative estimate of drug-likeness (QED) is 0.213. The van der Waals surface area contributed by atoms with Crippen LogP contribution in [-0.2, 0) is 14.2 Å². The predicted molar refractivity (Wildman–Crippen MR) is 130 cm³/mol. The maximum absolute atomic E-state index is 12.0. The molecule has 0 aromatic rings. The lowest BCUT2D eigenvalue weighted by Gasteiger charge is -2.23. The van der Waals surface area contributed by atoms with Gasteiger partial charge in [0.15, 0.2) is 5.96 Å². The van der Waals surface area contributed by atoms with E-state index in [1.54, 1.807) is 0 Å². The average molecular weight is 540 g/mol. The largest absolute Gasteiger partial charge is 0.444 e. The molecule has 1 atom stereocenters. The molecule has 2 fully saturated rings. The number of rotatable bonds is 8. The maximum atomic E-state index is 12.0. The topological polar surface area (TPSA) is 84.4 Å². The molecule has 0 aromatic heterocycles. The summed E-state index contributed by atoms with van der Waals surface area (Å²) < 4.78 is 16.6. The van der Waals surface area contributed by atoms with Crippen LogP contribution < -0.4 is 10.6 Å². The molecule has 2 saturated heterocycles. The van der Waals surface area contributed by atoms with Crippen LogP contribution in [0.1, 0.15) is 53.4 Å². The molecular formula is C21H41IN4O4. The van der Waals surface area contributed by atoms with E-state index in [0.717, 1.165) is 84.2 Å². The molecule has 0 aromatic carbocycles. The molecule has 0 saturated carbocycles. The summed E-state index contributed by atoms with van der Waals surface area (Å²) in [5.41, 5.74) is -0.481. The molecule has 2 heterocycles. The van der Waals surface area contributed by atoms with Crippen molar-refractivity contribution < 1.29 is 19.0 Å². The van der Waals surface area contributed by atoms with Gasteiger partial charge >= 0.3 is 6.09 Å². The van der Waals surface area contributed by atoms with Crippen molar-refractivity contribution in [3.63, 3.8) is 0 Å². The SMILES string of the molecule is CCNC(=NCCCOCC1CCOCC1)N1CCC(NC(=O)OC(C)(C)C)C1.I. The van der Waals surface area contributed by atoms with Crippen molar-refractivity contribution in [2.24, 2.45) is 10.9 Å². The lowest BCUT2D eigenvalue weighted by molar-refractivity contribution is 0.0205. The number of aliphatic imine (C=N–C) groups is 1. The first-order chi connectivity index (χ1) is 13.9. The molecular weight excluding hydrogens is 499 g/mol. The summed E-state index contributed by atoms with van der Waals surface area (Å²) in [6.07, 6.45) is 3.66. The summed E-state index contributed by atoms with van der Waals surface area (Å²) in [5.74, 6) is 1.55.